The highest BCUT2D eigenvalue weighted by atomic mass is 16.8. The Bertz CT molecular complexity index is 2630. The third kappa shape index (κ3) is 15.6. The Balaban J connectivity index is 1.08. The molecule has 17 atom stereocenters. The van der Waals surface area contributed by atoms with Crippen LogP contribution in [0.1, 0.15) is 93.2 Å². The number of alkyl carbamates (subject to hydrolysis) is 2. The van der Waals surface area contributed by atoms with Crippen LogP contribution in [0.3, 0.4) is 0 Å². The number of nitrogens with one attached hydrogen (secondary N) is 2. The summed E-state index contributed by atoms with van der Waals surface area (Å²) in [5.74, 6) is -3.11. The van der Waals surface area contributed by atoms with E-state index < -0.39 is 116 Å². The van der Waals surface area contributed by atoms with Gasteiger partial charge in [-0.15, -0.1) is 0 Å². The summed E-state index contributed by atoms with van der Waals surface area (Å²) in [6.45, 7) is 13.0. The van der Waals surface area contributed by atoms with Gasteiger partial charge in [0.15, 0.2) is 25.0 Å². The summed E-state index contributed by atoms with van der Waals surface area (Å²) in [5.41, 5.74) is 2.24. The average molecular weight is 1090 g/mol. The number of ether oxygens (including phenoxy) is 11. The van der Waals surface area contributed by atoms with E-state index in [0.29, 0.717) is 18.4 Å². The molecule has 424 valence electrons. The van der Waals surface area contributed by atoms with Crippen LogP contribution in [0.4, 0.5) is 9.59 Å². The zero-order valence-corrected chi connectivity index (χ0v) is 45.8. The number of carbonyl (C=O) groups is 5. The summed E-state index contributed by atoms with van der Waals surface area (Å²) >= 11 is 0. The van der Waals surface area contributed by atoms with Gasteiger partial charge < -0.3 is 62.7 Å². The second-order valence-electron chi connectivity index (χ2n) is 20.9. The predicted octanol–water partition coefficient (Wildman–Crippen LogP) is 9.10. The topological polar surface area (TPSA) is 211 Å². The van der Waals surface area contributed by atoms with Crippen LogP contribution in [0.5, 0.6) is 0 Å². The number of esters is 3. The number of carbonyl (C=O) groups excluding carboxylic acids is 5. The van der Waals surface area contributed by atoms with Crippen LogP contribution in [0, 0.1) is 29.6 Å². The van der Waals surface area contributed by atoms with Gasteiger partial charge in [0.1, 0.15) is 50.3 Å². The van der Waals surface area contributed by atoms with Crippen LogP contribution in [-0.2, 0) is 70.1 Å². The van der Waals surface area contributed by atoms with E-state index in [1.165, 1.54) is 6.92 Å². The lowest BCUT2D eigenvalue weighted by molar-refractivity contribution is -0.287. The van der Waals surface area contributed by atoms with Crippen molar-refractivity contribution < 1.29 is 76.1 Å². The minimum atomic E-state index is -1.26. The molecule has 4 aliphatic rings. The summed E-state index contributed by atoms with van der Waals surface area (Å²) in [7, 11) is 0. The van der Waals surface area contributed by atoms with E-state index in [4.69, 9.17) is 52.1 Å². The first-order valence-electron chi connectivity index (χ1n) is 27.3. The molecule has 3 heterocycles. The molecular formula is C61H74N2O16. The summed E-state index contributed by atoms with van der Waals surface area (Å²) in [4.78, 5) is 66.7. The van der Waals surface area contributed by atoms with E-state index in [9.17, 15) is 24.0 Å². The van der Waals surface area contributed by atoms with Crippen molar-refractivity contribution in [2.24, 2.45) is 29.6 Å². The third-order valence-electron chi connectivity index (χ3n) is 15.3. The number of hydrogen-bond acceptors (Lipinski definition) is 16. The Hall–Kier alpha value is -6.67. The van der Waals surface area contributed by atoms with Gasteiger partial charge in [-0.25, -0.2) is 19.2 Å². The lowest BCUT2D eigenvalue weighted by Crippen LogP contribution is -2.60. The van der Waals surface area contributed by atoms with Gasteiger partial charge in [-0.3, -0.25) is 4.79 Å². The predicted molar refractivity (Wildman–Crippen MR) is 287 cm³/mol. The second-order valence-corrected chi connectivity index (χ2v) is 20.9. The van der Waals surface area contributed by atoms with Gasteiger partial charge in [0.05, 0.1) is 35.9 Å². The highest BCUT2D eigenvalue weighted by molar-refractivity contribution is 5.90. The summed E-state index contributed by atoms with van der Waals surface area (Å²) in [5, 5.41) is 5.88. The molecule has 3 aliphatic heterocycles. The van der Waals surface area contributed by atoms with Gasteiger partial charge in [0.25, 0.3) is 0 Å². The molecule has 2 amide bonds. The lowest BCUT2D eigenvalue weighted by Gasteiger charge is -2.47. The van der Waals surface area contributed by atoms with Crippen molar-refractivity contribution in [1.29, 1.82) is 0 Å². The van der Waals surface area contributed by atoms with Gasteiger partial charge in [0, 0.05) is 24.7 Å². The molecule has 4 aromatic carbocycles. The molecule has 8 rings (SSSR count). The Morgan fingerprint density at radius 3 is 1.65 bits per heavy atom. The van der Waals surface area contributed by atoms with E-state index in [0.717, 1.165) is 11.1 Å². The van der Waals surface area contributed by atoms with Crippen molar-refractivity contribution in [3.05, 3.63) is 156 Å². The largest absolute Gasteiger partial charge is 0.463 e. The SMILES string of the molecule is CC[C@H]1O[C@@H](O[C@@H]2[C@@H](C)[C@H](C)C[C@H](NC(=O)OCc3ccccc3)[C@H]2O[C@H]2O[C@H](COC(C)=O)C=C[C@H]2C)[C@H](OC(=O)c2ccccc2)[C@@H]1O[C@H]1O[C@@H](CNC(=O)OCc2ccccc2)[C@@H](OC(=O)c2ccccc2)[C@H](C)[C@H]1C. The number of amides is 2. The zero-order chi connectivity index (χ0) is 56.0. The molecule has 79 heavy (non-hydrogen) atoms. The van der Waals surface area contributed by atoms with E-state index in [1.54, 1.807) is 60.7 Å². The Morgan fingerprint density at radius 1 is 0.532 bits per heavy atom. The van der Waals surface area contributed by atoms with E-state index >= 15 is 0 Å². The molecule has 0 radical (unpaired) electrons. The molecule has 3 fully saturated rings. The summed E-state index contributed by atoms with van der Waals surface area (Å²) in [6.07, 6.45) is -7.00. The fourth-order valence-electron chi connectivity index (χ4n) is 10.4. The summed E-state index contributed by atoms with van der Waals surface area (Å²) < 4.78 is 70.4. The second kappa shape index (κ2) is 28.0. The first-order chi connectivity index (χ1) is 38.1. The van der Waals surface area contributed by atoms with Gasteiger partial charge in [-0.1, -0.05) is 151 Å². The molecule has 0 aromatic heterocycles. The number of hydrogen-bond donors (Lipinski definition) is 2. The zero-order valence-electron chi connectivity index (χ0n) is 45.8. The maximum atomic E-state index is 14.3. The summed E-state index contributed by atoms with van der Waals surface area (Å²) in [6, 6.07) is 35.1. The normalized spacial score (nSPS) is 31.3. The molecule has 2 N–H and O–H groups in total. The fraction of sp³-hybridized carbons (Fsp3) is 0.492. The van der Waals surface area contributed by atoms with Crippen molar-refractivity contribution in [3.8, 4) is 0 Å². The standard InChI is InChI=1S/C61H74N2O16/c1-8-48-53(79-58-40(6)39(5)50(75-55(65)44-25-17-11-18-26-44)49(74-58)32-62-60(67)70-33-42-21-13-9-14-22-42)54(76-56(66)45-27-19-12-20-28-45)59(73-48)77-51-38(4)37(3)31-47(63-61(68)71-34-43-23-15-10-16-24-43)52(51)78-57-36(2)29-30-46(72-57)35-69-41(7)64/h9-30,36-40,46-54,57-59H,8,31-35H2,1-7H3,(H,62,67)(H,63,68)/t36-,37-,38+,39-,40-,46+,47+,48-,49+,50+,51-,52-,53-,54-,57-,58-,59+/m1/s1. The van der Waals surface area contributed by atoms with Gasteiger partial charge in [-0.2, -0.15) is 0 Å². The van der Waals surface area contributed by atoms with Crippen LogP contribution >= 0.6 is 0 Å². The number of benzene rings is 4. The molecule has 0 spiro atoms. The maximum absolute atomic E-state index is 14.3. The van der Waals surface area contributed by atoms with E-state index in [2.05, 4.69) is 17.6 Å². The smallest absolute Gasteiger partial charge is 0.407 e. The third-order valence-corrected chi connectivity index (χ3v) is 15.3. The maximum Gasteiger partial charge on any atom is 0.407 e. The monoisotopic (exact) mass is 1090 g/mol. The quantitative estimate of drug-likeness (QED) is 0.0480. The van der Waals surface area contributed by atoms with Gasteiger partial charge in [-0.05, 0) is 60.1 Å². The van der Waals surface area contributed by atoms with Crippen LogP contribution in [-0.4, -0.2) is 117 Å². The van der Waals surface area contributed by atoms with Gasteiger partial charge in [0.2, 0.25) is 0 Å². The number of rotatable bonds is 20. The molecule has 0 unspecified atom stereocenters. The molecule has 1 aliphatic carbocycles. The molecule has 18 nitrogen and oxygen atoms in total. The van der Waals surface area contributed by atoms with E-state index in [-0.39, 0.29) is 49.7 Å². The highest BCUT2D eigenvalue weighted by Gasteiger charge is 2.55. The Morgan fingerprint density at radius 2 is 1.06 bits per heavy atom. The first-order valence-corrected chi connectivity index (χ1v) is 27.3. The molecule has 0 bridgehead atoms. The molecule has 4 aromatic rings. The molecule has 18 heteroatoms. The van der Waals surface area contributed by atoms with Crippen molar-refractivity contribution in [2.45, 2.75) is 148 Å². The minimum absolute atomic E-state index is 0.0308. The lowest BCUT2D eigenvalue weighted by atomic mass is 9.75. The van der Waals surface area contributed by atoms with E-state index in [1.807, 2.05) is 107 Å². The van der Waals surface area contributed by atoms with Crippen molar-refractivity contribution in [3.63, 3.8) is 0 Å². The van der Waals surface area contributed by atoms with Crippen molar-refractivity contribution >= 4 is 30.1 Å². The van der Waals surface area contributed by atoms with Crippen molar-refractivity contribution in [1.82, 2.24) is 10.6 Å². The molecule has 2 saturated heterocycles. The highest BCUT2D eigenvalue weighted by Crippen LogP contribution is 2.42. The Kier molecular flexibility index (Phi) is 20.7. The van der Waals surface area contributed by atoms with Gasteiger partial charge >= 0.3 is 30.1 Å². The minimum Gasteiger partial charge on any atom is -0.463 e. The molecule has 1 saturated carbocycles. The van der Waals surface area contributed by atoms with Crippen LogP contribution < -0.4 is 10.6 Å². The van der Waals surface area contributed by atoms with Crippen molar-refractivity contribution in [2.75, 3.05) is 13.2 Å². The average Bonchev–Trinajstić information content (AvgIpc) is 3.80. The Labute approximate surface area is 462 Å². The van der Waals surface area contributed by atoms with Crippen LogP contribution in [0.15, 0.2) is 133 Å². The fourth-order valence-corrected chi connectivity index (χ4v) is 10.4. The van der Waals surface area contributed by atoms with Crippen LogP contribution in [0.2, 0.25) is 0 Å². The van der Waals surface area contributed by atoms with Crippen LogP contribution in [0.25, 0.3) is 0 Å². The first kappa shape index (κ1) is 58.5. The molecular weight excluding hydrogens is 1020 g/mol.